The van der Waals surface area contributed by atoms with Crippen LogP contribution in [0.15, 0.2) is 0 Å². The summed E-state index contributed by atoms with van der Waals surface area (Å²) in [5.74, 6) is 0. The third kappa shape index (κ3) is 6.14. The van der Waals surface area contributed by atoms with Gasteiger partial charge in [-0.15, -0.1) is 11.6 Å². The number of sulfonamides is 1. The Hall–Kier alpha value is -0.530. The molecule has 0 unspecified atom stereocenters. The molecule has 0 atom stereocenters. The number of halogens is 1. The van der Waals surface area contributed by atoms with Gasteiger partial charge in [0.1, 0.15) is 6.09 Å². The van der Waals surface area contributed by atoms with Crippen molar-refractivity contribution < 1.29 is 18.3 Å². The highest BCUT2D eigenvalue weighted by Crippen LogP contribution is 2.45. The molecule has 0 aliphatic heterocycles. The minimum atomic E-state index is -3.46. The van der Waals surface area contributed by atoms with Crippen LogP contribution < -0.4 is 15.6 Å². The van der Waals surface area contributed by atoms with Crippen LogP contribution in [0.2, 0.25) is 0 Å². The molecule has 1 aliphatic carbocycles. The summed E-state index contributed by atoms with van der Waals surface area (Å²) in [5, 5.41) is 16.7. The number of carbonyl (C=O) groups is 1. The minimum Gasteiger partial charge on any atom is -0.530 e. The van der Waals surface area contributed by atoms with Crippen LogP contribution in [-0.2, 0) is 10.0 Å². The molecule has 1 amide bonds. The second kappa shape index (κ2) is 4.77. The van der Waals surface area contributed by atoms with Crippen LogP contribution in [0.3, 0.4) is 0 Å². The molecule has 0 heterocycles. The molecule has 1 rings (SSSR count). The Morgan fingerprint density at radius 3 is 1.81 bits per heavy atom. The van der Waals surface area contributed by atoms with Crippen molar-refractivity contribution in [1.29, 1.82) is 0 Å². The van der Waals surface area contributed by atoms with Gasteiger partial charge in [-0.2, -0.15) is 0 Å². The van der Waals surface area contributed by atoms with Crippen LogP contribution in [0, 0.1) is 0 Å². The number of alkyl halides is 1. The van der Waals surface area contributed by atoms with E-state index in [9.17, 15) is 18.3 Å². The van der Waals surface area contributed by atoms with Gasteiger partial charge in [-0.05, 0) is 33.6 Å². The van der Waals surface area contributed by atoms with Gasteiger partial charge >= 0.3 is 0 Å². The molecule has 0 bridgehead atoms. The zero-order valence-corrected chi connectivity index (χ0v) is 11.0. The normalized spacial score (nSPS) is 18.1. The number of nitrogens with one attached hydrogen (secondary N) is 1. The SMILES string of the molecule is CC(C)(C)NC(=O)[O-].NS(=O)(=O)C1(Cl)CC1. The van der Waals surface area contributed by atoms with Crippen molar-refractivity contribution in [3.05, 3.63) is 0 Å². The molecule has 16 heavy (non-hydrogen) atoms. The standard InChI is InChI=1S/C5H11NO2.C3H6ClNO2S/c1-5(2,3)6-4(7)8;4-3(1-2-3)8(5,6)7/h6H,1-3H3,(H,7,8);1-2H2,(H2,5,6,7)/p-1. The van der Waals surface area contributed by atoms with E-state index < -0.39 is 25.9 Å². The molecule has 0 spiro atoms. The number of amides is 1. The van der Waals surface area contributed by atoms with Gasteiger partial charge in [-0.25, -0.2) is 13.6 Å². The highest BCUT2D eigenvalue weighted by molar-refractivity contribution is 7.92. The molecule has 8 heteroatoms. The number of hydrogen-bond donors (Lipinski definition) is 2. The first-order chi connectivity index (χ1) is 6.87. The molecule has 0 saturated heterocycles. The lowest BCUT2D eigenvalue weighted by Crippen LogP contribution is -2.47. The van der Waals surface area contributed by atoms with E-state index in [1.54, 1.807) is 20.8 Å². The highest BCUT2D eigenvalue weighted by atomic mass is 35.5. The first kappa shape index (κ1) is 15.5. The fourth-order valence-electron chi connectivity index (χ4n) is 0.689. The van der Waals surface area contributed by atoms with Gasteiger partial charge in [0.15, 0.2) is 4.21 Å². The first-order valence-corrected chi connectivity index (χ1v) is 6.50. The lowest BCUT2D eigenvalue weighted by molar-refractivity contribution is -0.252. The van der Waals surface area contributed by atoms with E-state index in [0.29, 0.717) is 12.8 Å². The summed E-state index contributed by atoms with van der Waals surface area (Å²) in [6.07, 6.45) is -0.238. The maximum absolute atomic E-state index is 10.4. The lowest BCUT2D eigenvalue weighted by Gasteiger charge is -2.21. The van der Waals surface area contributed by atoms with Crippen molar-refractivity contribution in [3.63, 3.8) is 0 Å². The zero-order chi connectivity index (χ0) is 13.2. The minimum absolute atomic E-state index is 0.390. The summed E-state index contributed by atoms with van der Waals surface area (Å²) in [7, 11) is -3.46. The number of nitrogens with two attached hydrogens (primary N) is 1. The fourth-order valence-corrected chi connectivity index (χ4v) is 1.45. The van der Waals surface area contributed by atoms with Crippen LogP contribution in [0.4, 0.5) is 4.79 Å². The number of carbonyl (C=O) groups excluding carboxylic acids is 1. The first-order valence-electron chi connectivity index (χ1n) is 4.58. The quantitative estimate of drug-likeness (QED) is 0.639. The summed E-state index contributed by atoms with van der Waals surface area (Å²) in [5.41, 5.74) is -0.390. The molecule has 1 fully saturated rings. The molecule has 6 nitrogen and oxygen atoms in total. The average molecular weight is 272 g/mol. The molecule has 1 aliphatic rings. The number of primary sulfonamides is 1. The largest absolute Gasteiger partial charge is 0.530 e. The molecule has 96 valence electrons. The van der Waals surface area contributed by atoms with Crippen molar-refractivity contribution >= 4 is 27.7 Å². The summed E-state index contributed by atoms with van der Waals surface area (Å²) in [6.45, 7) is 5.26. The van der Waals surface area contributed by atoms with E-state index in [2.05, 4.69) is 5.32 Å². The molecule has 0 aromatic rings. The maximum Gasteiger partial charge on any atom is 0.228 e. The van der Waals surface area contributed by atoms with Gasteiger partial charge in [0, 0.05) is 5.54 Å². The summed E-state index contributed by atoms with van der Waals surface area (Å²) in [6, 6.07) is 0. The van der Waals surface area contributed by atoms with Gasteiger partial charge in [0.2, 0.25) is 10.0 Å². The van der Waals surface area contributed by atoms with Crippen LogP contribution in [0.5, 0.6) is 0 Å². The van der Waals surface area contributed by atoms with E-state index in [0.717, 1.165) is 0 Å². The van der Waals surface area contributed by atoms with Crippen molar-refractivity contribution in [3.8, 4) is 0 Å². The average Bonchev–Trinajstić information content (AvgIpc) is 2.61. The number of hydrogen-bond acceptors (Lipinski definition) is 4. The lowest BCUT2D eigenvalue weighted by atomic mass is 10.1. The van der Waals surface area contributed by atoms with Crippen LogP contribution in [0.1, 0.15) is 33.6 Å². The third-order valence-electron chi connectivity index (χ3n) is 1.63. The van der Waals surface area contributed by atoms with Gasteiger partial charge in [-0.1, -0.05) is 0 Å². The molecule has 1 saturated carbocycles. The van der Waals surface area contributed by atoms with Gasteiger partial charge in [0.05, 0.1) is 0 Å². The van der Waals surface area contributed by atoms with Crippen LogP contribution >= 0.6 is 11.6 Å². The Morgan fingerprint density at radius 1 is 1.44 bits per heavy atom. The second-order valence-electron chi connectivity index (χ2n) is 4.59. The Bertz CT molecular complexity index is 357. The van der Waals surface area contributed by atoms with Crippen molar-refractivity contribution in [1.82, 2.24) is 5.32 Å². The third-order valence-corrected chi connectivity index (χ3v) is 4.08. The monoisotopic (exact) mass is 271 g/mol. The second-order valence-corrected chi connectivity index (χ2v) is 7.41. The smallest absolute Gasteiger partial charge is 0.228 e. The number of carboxylic acid groups (broad SMARTS) is 1. The van der Waals surface area contributed by atoms with E-state index in [1.807, 2.05) is 0 Å². The van der Waals surface area contributed by atoms with Gasteiger partial charge < -0.3 is 15.2 Å². The molecule has 3 N–H and O–H groups in total. The van der Waals surface area contributed by atoms with E-state index in [-0.39, 0.29) is 0 Å². The fraction of sp³-hybridized carbons (Fsp3) is 0.875. The summed E-state index contributed by atoms with van der Waals surface area (Å²) < 4.78 is 19.6. The van der Waals surface area contributed by atoms with Crippen molar-refractivity contribution in [2.45, 2.75) is 43.4 Å². The molecular weight excluding hydrogens is 256 g/mol. The Balaban J connectivity index is 0.000000281. The maximum atomic E-state index is 10.4. The molecule has 0 aromatic carbocycles. The number of rotatable bonds is 1. The predicted molar refractivity (Wildman–Crippen MR) is 59.2 cm³/mol. The molecule has 0 aromatic heterocycles. The Kier molecular flexibility index (Phi) is 4.61. The van der Waals surface area contributed by atoms with Crippen molar-refractivity contribution in [2.24, 2.45) is 5.14 Å². The van der Waals surface area contributed by atoms with Crippen LogP contribution in [0.25, 0.3) is 0 Å². The van der Waals surface area contributed by atoms with Crippen molar-refractivity contribution in [2.75, 3.05) is 0 Å². The van der Waals surface area contributed by atoms with E-state index >= 15 is 0 Å². The zero-order valence-electron chi connectivity index (χ0n) is 9.41. The Morgan fingerprint density at radius 2 is 1.81 bits per heavy atom. The molecule has 0 radical (unpaired) electrons. The van der Waals surface area contributed by atoms with Crippen LogP contribution in [-0.4, -0.2) is 24.3 Å². The summed E-state index contributed by atoms with van der Waals surface area (Å²) >= 11 is 5.41. The summed E-state index contributed by atoms with van der Waals surface area (Å²) in [4.78, 5) is 9.79. The van der Waals surface area contributed by atoms with E-state index in [4.69, 9.17) is 16.7 Å². The topological polar surface area (TPSA) is 112 Å². The van der Waals surface area contributed by atoms with Gasteiger partial charge in [-0.3, -0.25) is 0 Å². The highest BCUT2D eigenvalue weighted by Gasteiger charge is 2.51. The van der Waals surface area contributed by atoms with E-state index in [1.165, 1.54) is 0 Å². The Labute approximate surface area is 100 Å². The molecular formula is C8H16ClN2O4S-. The van der Waals surface area contributed by atoms with Gasteiger partial charge in [0.25, 0.3) is 0 Å². The predicted octanol–water partition coefficient (Wildman–Crippen LogP) is -0.278.